The second-order valence-electron chi connectivity index (χ2n) is 14.1. The van der Waals surface area contributed by atoms with E-state index in [2.05, 4.69) is 42.2 Å². The van der Waals surface area contributed by atoms with Gasteiger partial charge in [-0.25, -0.2) is 0 Å². The number of carbonyl (C=O) groups is 9. The van der Waals surface area contributed by atoms with Crippen LogP contribution in [-0.2, 0) is 49.6 Å². The molecule has 0 bridgehead atoms. The van der Waals surface area contributed by atoms with E-state index >= 15 is 0 Å². The van der Waals surface area contributed by atoms with Gasteiger partial charge in [0.15, 0.2) is 17.5 Å². The SMILES string of the molecule is NC(N)=NCCCC(NC(=O)CNC(=O)CCCCC1SCC2NC(=O)CC21)C(=O)NCC(=O)NC(CC(=O)O)C(=O)NC(Cc1ccc(O)c(O)c1)C(=O)NCC(=O)O. The zero-order valence-corrected chi connectivity index (χ0v) is 33.4. The van der Waals surface area contributed by atoms with E-state index in [9.17, 15) is 58.5 Å². The van der Waals surface area contributed by atoms with Gasteiger partial charge in [0, 0.05) is 48.8 Å². The Labute approximate surface area is 348 Å². The lowest BCUT2D eigenvalue weighted by Crippen LogP contribution is -2.56. The summed E-state index contributed by atoms with van der Waals surface area (Å²) in [5.41, 5.74) is 10.9. The van der Waals surface area contributed by atoms with Crippen molar-refractivity contribution in [2.75, 3.05) is 31.9 Å². The molecule has 15 N–H and O–H groups in total. The van der Waals surface area contributed by atoms with Gasteiger partial charge in [-0.05, 0) is 43.4 Å². The van der Waals surface area contributed by atoms with Gasteiger partial charge in [0.2, 0.25) is 41.4 Å². The molecule has 1 aromatic rings. The van der Waals surface area contributed by atoms with Crippen LogP contribution in [0.2, 0.25) is 0 Å². The van der Waals surface area contributed by atoms with Gasteiger partial charge in [0.05, 0.1) is 19.5 Å². The van der Waals surface area contributed by atoms with Crippen molar-refractivity contribution in [1.29, 1.82) is 0 Å². The van der Waals surface area contributed by atoms with Gasteiger partial charge in [-0.3, -0.25) is 48.1 Å². The molecule has 2 saturated heterocycles. The van der Waals surface area contributed by atoms with E-state index < -0.39 is 97.2 Å². The largest absolute Gasteiger partial charge is 0.504 e. The number of fused-ring (bicyclic) bond motifs is 1. The molecular weight excluding hydrogens is 813 g/mol. The van der Waals surface area contributed by atoms with Gasteiger partial charge in [-0.1, -0.05) is 12.5 Å². The van der Waals surface area contributed by atoms with Crippen LogP contribution in [-0.4, -0.2) is 141 Å². The summed E-state index contributed by atoms with van der Waals surface area (Å²) in [4.78, 5) is 116. The smallest absolute Gasteiger partial charge is 0.322 e. The monoisotopic (exact) mass is 864 g/mol. The number of aromatic hydroxyl groups is 2. The lowest BCUT2D eigenvalue weighted by molar-refractivity contribution is -0.141. The summed E-state index contributed by atoms with van der Waals surface area (Å²) in [5.74, 6) is -8.11. The molecule has 2 aliphatic rings. The van der Waals surface area contributed by atoms with E-state index in [4.69, 9.17) is 16.6 Å². The number of benzene rings is 1. The number of guanidine groups is 1. The molecule has 0 saturated carbocycles. The quantitative estimate of drug-likeness (QED) is 0.0194. The van der Waals surface area contributed by atoms with Crippen molar-refractivity contribution in [3.8, 4) is 11.5 Å². The van der Waals surface area contributed by atoms with Gasteiger partial charge >= 0.3 is 11.9 Å². The molecular formula is C36H52N10O13S. The number of thioether (sulfide) groups is 1. The molecule has 7 amide bonds. The highest BCUT2D eigenvalue weighted by molar-refractivity contribution is 8.00. The summed E-state index contributed by atoms with van der Waals surface area (Å²) in [6.45, 7) is -2.01. The molecule has 0 spiro atoms. The van der Waals surface area contributed by atoms with Crippen molar-refractivity contribution in [3.63, 3.8) is 0 Å². The molecule has 0 aromatic heterocycles. The Morgan fingerprint density at radius 3 is 2.12 bits per heavy atom. The number of nitrogens with zero attached hydrogens (tertiary/aromatic N) is 1. The summed E-state index contributed by atoms with van der Waals surface area (Å²) in [7, 11) is 0. The standard InChI is InChI=1S/C36H52N10O13S/c37-36(38)39-9-3-4-20(43-29(51)14-40-27(49)6-2-1-5-26-19-12-28(50)45-23(19)17-60-26)33(57)41-15-30(52)44-22(13-31(53)54)35(59)46-21(34(58)42-16-32(55)56)10-18-7-8-24(47)25(48)11-18/h7-8,11,19-23,26,47-48H,1-6,9-10,12-17H2,(H,40,49)(H,41,57)(H,42,58)(H,43,51)(H,44,52)(H,45,50)(H,46,59)(H,53,54)(H,55,56)(H4,37,38,39). The van der Waals surface area contributed by atoms with E-state index in [1.165, 1.54) is 6.07 Å². The minimum Gasteiger partial charge on any atom is -0.504 e. The first-order valence-electron chi connectivity index (χ1n) is 19.0. The van der Waals surface area contributed by atoms with E-state index in [0.717, 1.165) is 30.7 Å². The molecule has 6 unspecified atom stereocenters. The summed E-state index contributed by atoms with van der Waals surface area (Å²) >= 11 is 1.82. The van der Waals surface area contributed by atoms with Crippen molar-refractivity contribution in [3.05, 3.63) is 23.8 Å². The number of nitrogens with one attached hydrogen (secondary N) is 7. The van der Waals surface area contributed by atoms with Crippen molar-refractivity contribution < 1.29 is 63.6 Å². The number of nitrogens with two attached hydrogens (primary N) is 2. The van der Waals surface area contributed by atoms with Crippen LogP contribution in [0.5, 0.6) is 11.5 Å². The molecule has 1 aromatic carbocycles. The Kier molecular flexibility index (Phi) is 19.2. The number of hydrogen-bond donors (Lipinski definition) is 13. The fourth-order valence-corrected chi connectivity index (χ4v) is 8.12. The number of carboxylic acids is 2. The summed E-state index contributed by atoms with van der Waals surface area (Å²) in [6.07, 6.45) is 1.73. The van der Waals surface area contributed by atoms with Crippen LogP contribution in [0, 0.1) is 5.92 Å². The number of aliphatic carboxylic acids is 2. The van der Waals surface area contributed by atoms with Crippen molar-refractivity contribution in [2.45, 2.75) is 87.2 Å². The molecule has 2 aliphatic heterocycles. The van der Waals surface area contributed by atoms with Crippen LogP contribution in [0.4, 0.5) is 0 Å². The van der Waals surface area contributed by atoms with Crippen molar-refractivity contribution in [1.82, 2.24) is 37.2 Å². The van der Waals surface area contributed by atoms with E-state index in [1.807, 2.05) is 11.8 Å². The third kappa shape index (κ3) is 16.9. The molecule has 60 heavy (non-hydrogen) atoms. The number of aliphatic imine (C=N–C) groups is 1. The lowest BCUT2D eigenvalue weighted by atomic mass is 9.94. The first kappa shape index (κ1) is 48.0. The predicted octanol–water partition coefficient (Wildman–Crippen LogP) is -3.76. The molecule has 3 rings (SSSR count). The third-order valence-corrected chi connectivity index (χ3v) is 11.0. The molecule has 6 atom stereocenters. The summed E-state index contributed by atoms with van der Waals surface area (Å²) < 4.78 is 0. The number of phenolic OH excluding ortho intramolecular Hbond substituents is 2. The van der Waals surface area contributed by atoms with Crippen LogP contribution >= 0.6 is 11.8 Å². The predicted molar refractivity (Wildman–Crippen MR) is 213 cm³/mol. The van der Waals surface area contributed by atoms with Crippen LogP contribution < -0.4 is 48.7 Å². The Bertz CT molecular complexity index is 1790. The Morgan fingerprint density at radius 1 is 0.783 bits per heavy atom. The van der Waals surface area contributed by atoms with Gasteiger partial charge in [-0.2, -0.15) is 11.8 Å². The van der Waals surface area contributed by atoms with Crippen LogP contribution in [0.1, 0.15) is 56.9 Å². The summed E-state index contributed by atoms with van der Waals surface area (Å²) in [5, 5.41) is 55.0. The molecule has 2 fully saturated rings. The lowest BCUT2D eigenvalue weighted by Gasteiger charge is -2.23. The number of unbranched alkanes of at least 4 members (excludes halogenated alkanes) is 1. The number of carbonyl (C=O) groups excluding carboxylic acids is 7. The normalized spacial score (nSPS) is 18.0. The van der Waals surface area contributed by atoms with E-state index in [0.29, 0.717) is 24.0 Å². The maximum absolute atomic E-state index is 13.2. The molecule has 2 heterocycles. The second kappa shape index (κ2) is 23.9. The minimum atomic E-state index is -1.81. The number of amides is 7. The van der Waals surface area contributed by atoms with Crippen LogP contribution in [0.3, 0.4) is 0 Å². The molecule has 0 aliphatic carbocycles. The fraction of sp³-hybridized carbons (Fsp3) is 0.556. The average Bonchev–Trinajstić information content (AvgIpc) is 3.74. The average molecular weight is 865 g/mol. The Hall–Kier alpha value is -6.33. The molecule has 330 valence electrons. The van der Waals surface area contributed by atoms with Crippen LogP contribution in [0.25, 0.3) is 0 Å². The first-order chi connectivity index (χ1) is 28.4. The zero-order chi connectivity index (χ0) is 44.4. The van der Waals surface area contributed by atoms with E-state index in [-0.39, 0.29) is 61.6 Å². The highest BCUT2D eigenvalue weighted by Crippen LogP contribution is 2.40. The van der Waals surface area contributed by atoms with Crippen LogP contribution in [0.15, 0.2) is 23.2 Å². The van der Waals surface area contributed by atoms with E-state index in [1.54, 1.807) is 0 Å². The number of phenols is 2. The first-order valence-corrected chi connectivity index (χ1v) is 20.1. The minimum absolute atomic E-state index is 0.0136. The highest BCUT2D eigenvalue weighted by Gasteiger charge is 2.42. The molecule has 0 radical (unpaired) electrons. The fourth-order valence-electron chi connectivity index (χ4n) is 6.47. The Balaban J connectivity index is 1.54. The highest BCUT2D eigenvalue weighted by atomic mass is 32.2. The maximum Gasteiger partial charge on any atom is 0.322 e. The second-order valence-corrected chi connectivity index (χ2v) is 15.4. The van der Waals surface area contributed by atoms with Gasteiger partial charge < -0.3 is 69.1 Å². The van der Waals surface area contributed by atoms with Gasteiger partial charge in [-0.15, -0.1) is 0 Å². The summed E-state index contributed by atoms with van der Waals surface area (Å²) in [6, 6.07) is -0.908. The molecule has 23 nitrogen and oxygen atoms in total. The number of rotatable bonds is 25. The number of carboxylic acid groups (broad SMARTS) is 2. The maximum atomic E-state index is 13.2. The van der Waals surface area contributed by atoms with Gasteiger partial charge in [0.25, 0.3) is 0 Å². The number of hydrogen-bond acceptors (Lipinski definition) is 13. The van der Waals surface area contributed by atoms with Crippen molar-refractivity contribution >= 4 is 71.0 Å². The third-order valence-electron chi connectivity index (χ3n) is 9.42. The van der Waals surface area contributed by atoms with Crippen molar-refractivity contribution in [2.24, 2.45) is 22.4 Å². The zero-order valence-electron chi connectivity index (χ0n) is 32.6. The topological polar surface area (TPSA) is 383 Å². The molecule has 24 heteroatoms. The van der Waals surface area contributed by atoms with Gasteiger partial charge in [0.1, 0.15) is 24.7 Å². The Morgan fingerprint density at radius 2 is 1.45 bits per heavy atom.